The Morgan fingerprint density at radius 1 is 1.06 bits per heavy atom. The smallest absolute Gasteiger partial charge is 0.319 e. The van der Waals surface area contributed by atoms with E-state index in [0.717, 1.165) is 66.4 Å². The number of carbonyl (C=O) groups is 1. The molecule has 0 fully saturated rings. The number of anilines is 2. The summed E-state index contributed by atoms with van der Waals surface area (Å²) in [5.41, 5.74) is 9.45. The van der Waals surface area contributed by atoms with Crippen molar-refractivity contribution in [1.29, 1.82) is 0 Å². The van der Waals surface area contributed by atoms with Crippen molar-refractivity contribution in [2.45, 2.75) is 45.6 Å². The Kier molecular flexibility index (Phi) is 7.76. The van der Waals surface area contributed by atoms with Gasteiger partial charge in [-0.25, -0.2) is 14.8 Å². The molecule has 10 heteroatoms. The van der Waals surface area contributed by atoms with Crippen LogP contribution in [-0.4, -0.2) is 27.1 Å². The minimum atomic E-state index is -1.25. The Balaban J connectivity index is 1.39. The van der Waals surface area contributed by atoms with Crippen molar-refractivity contribution in [1.82, 2.24) is 19.9 Å². The Morgan fingerprint density at radius 3 is 2.57 bits per heavy atom. The van der Waals surface area contributed by atoms with Gasteiger partial charge in [-0.2, -0.15) is 0 Å². The second-order valence-corrected chi connectivity index (χ2v) is 8.45. The third-order valence-corrected chi connectivity index (χ3v) is 5.92. The summed E-state index contributed by atoms with van der Waals surface area (Å²) in [6.45, 7) is 3.42. The summed E-state index contributed by atoms with van der Waals surface area (Å²) in [6, 6.07) is 13.5. The van der Waals surface area contributed by atoms with Crippen LogP contribution in [0.5, 0.6) is 0 Å². The Bertz CT molecular complexity index is 1300. The number of aromatic nitrogens is 3. The molecule has 0 atom stereocenters. The van der Waals surface area contributed by atoms with Crippen molar-refractivity contribution in [3.8, 4) is 0 Å². The molecule has 0 bridgehead atoms. The Labute approximate surface area is 203 Å². The van der Waals surface area contributed by atoms with E-state index in [4.69, 9.17) is 10.7 Å². The molecule has 2 heterocycles. The number of unbranched alkanes of at least 4 members (excludes halogenated alkanes) is 2. The van der Waals surface area contributed by atoms with Gasteiger partial charge in [-0.15, -0.1) is 0 Å². The summed E-state index contributed by atoms with van der Waals surface area (Å²) in [5.74, 6) is 1.46. The van der Waals surface area contributed by atoms with Gasteiger partial charge in [-0.05, 0) is 37.5 Å². The lowest BCUT2D eigenvalue weighted by molar-refractivity contribution is -0.715. The maximum absolute atomic E-state index is 12.2. The number of para-hydroxylation sites is 1. The fourth-order valence-corrected chi connectivity index (χ4v) is 4.13. The van der Waals surface area contributed by atoms with Gasteiger partial charge in [0.2, 0.25) is 0 Å². The molecule has 4 rings (SSSR count). The molecule has 0 radical (unpaired) electrons. The van der Waals surface area contributed by atoms with Crippen molar-refractivity contribution < 1.29 is 10.0 Å². The van der Waals surface area contributed by atoms with E-state index in [1.165, 1.54) is 24.3 Å². The van der Waals surface area contributed by atoms with Gasteiger partial charge in [0.1, 0.15) is 17.0 Å². The lowest BCUT2D eigenvalue weighted by Gasteiger charge is -2.24. The molecule has 0 saturated heterocycles. The maximum Gasteiger partial charge on any atom is 0.319 e. The zero-order valence-electron chi connectivity index (χ0n) is 19.7. The van der Waals surface area contributed by atoms with Crippen LogP contribution < -0.4 is 21.6 Å². The molecule has 0 unspecified atom stereocenters. The number of benzene rings is 2. The molecule has 0 aliphatic rings. The normalized spacial score (nSPS) is 11.4. The van der Waals surface area contributed by atoms with E-state index in [2.05, 4.69) is 33.2 Å². The molecule has 0 aliphatic carbocycles. The number of nitrogens with zero attached hydrogens (tertiary/aromatic N) is 3. The summed E-state index contributed by atoms with van der Waals surface area (Å²) >= 11 is 0. The van der Waals surface area contributed by atoms with Gasteiger partial charge in [-0.1, -0.05) is 31.5 Å². The van der Waals surface area contributed by atoms with Gasteiger partial charge >= 0.3 is 6.03 Å². The molecule has 0 saturated carbocycles. The third kappa shape index (κ3) is 5.68. The van der Waals surface area contributed by atoms with E-state index < -0.39 is 5.23 Å². The second-order valence-electron chi connectivity index (χ2n) is 8.45. The number of amides is 2. The highest BCUT2D eigenvalue weighted by Crippen LogP contribution is 2.29. The average Bonchev–Trinajstić information content (AvgIpc) is 3.22. The SMILES string of the molecule is CCCCc1nc2c(N)nc3ccccc3c2n1CCCCNC(=O)Nc1ccc([NH+]([O-])[O-])cc1. The quantitative estimate of drug-likeness (QED) is 0.203. The summed E-state index contributed by atoms with van der Waals surface area (Å²) < 4.78 is 2.25. The summed E-state index contributed by atoms with van der Waals surface area (Å²) in [7, 11) is 0. The van der Waals surface area contributed by atoms with Crippen LogP contribution in [0.4, 0.5) is 22.0 Å². The molecule has 0 spiro atoms. The molecule has 2 aromatic carbocycles. The van der Waals surface area contributed by atoms with Crippen molar-refractivity contribution in [3.63, 3.8) is 0 Å². The molecule has 10 nitrogen and oxygen atoms in total. The van der Waals surface area contributed by atoms with Crippen LogP contribution in [0, 0.1) is 10.4 Å². The Hall–Kier alpha value is -3.73. The topological polar surface area (TPSA) is 148 Å². The third-order valence-electron chi connectivity index (χ3n) is 5.92. The average molecular weight is 477 g/mol. The lowest BCUT2D eigenvalue weighted by Crippen LogP contribution is -2.96. The molecular weight excluding hydrogens is 446 g/mol. The number of nitrogens with two attached hydrogens (primary N) is 1. The molecule has 4 aromatic rings. The monoisotopic (exact) mass is 476 g/mol. The van der Waals surface area contributed by atoms with Crippen LogP contribution in [0.3, 0.4) is 0 Å². The van der Waals surface area contributed by atoms with Gasteiger partial charge in [0, 0.05) is 42.7 Å². The zero-order chi connectivity index (χ0) is 24.8. The first-order valence-corrected chi connectivity index (χ1v) is 11.9. The van der Waals surface area contributed by atoms with Crippen molar-refractivity contribution >= 4 is 45.2 Å². The van der Waals surface area contributed by atoms with Gasteiger partial charge in [0.05, 0.1) is 11.0 Å². The van der Waals surface area contributed by atoms with Gasteiger partial charge < -0.3 is 36.6 Å². The first-order valence-electron chi connectivity index (χ1n) is 11.9. The van der Waals surface area contributed by atoms with Crippen LogP contribution in [0.2, 0.25) is 0 Å². The second kappa shape index (κ2) is 11.1. The molecule has 2 aromatic heterocycles. The van der Waals surface area contributed by atoms with Crippen molar-refractivity contribution in [3.05, 3.63) is 64.8 Å². The molecule has 184 valence electrons. The number of hydrogen-bond acceptors (Lipinski definition) is 6. The molecule has 35 heavy (non-hydrogen) atoms. The number of nitrogen functional groups attached to an aromatic ring is 1. The van der Waals surface area contributed by atoms with Crippen molar-refractivity contribution in [2.75, 3.05) is 17.6 Å². The van der Waals surface area contributed by atoms with E-state index in [1.807, 2.05) is 18.2 Å². The fourth-order valence-electron chi connectivity index (χ4n) is 4.13. The largest absolute Gasteiger partial charge is 0.628 e. The number of nitrogens with one attached hydrogen (secondary N) is 3. The number of aryl methyl sites for hydroxylation is 2. The van der Waals surface area contributed by atoms with E-state index >= 15 is 0 Å². The maximum atomic E-state index is 12.2. The predicted molar refractivity (Wildman–Crippen MR) is 138 cm³/mol. The van der Waals surface area contributed by atoms with Crippen LogP contribution in [0.25, 0.3) is 21.9 Å². The van der Waals surface area contributed by atoms with Gasteiger partial charge in [-0.3, -0.25) is 0 Å². The van der Waals surface area contributed by atoms with E-state index in [1.54, 1.807) is 0 Å². The number of imidazole rings is 1. The van der Waals surface area contributed by atoms with E-state index in [-0.39, 0.29) is 11.7 Å². The number of rotatable bonds is 10. The first kappa shape index (κ1) is 24.4. The lowest BCUT2D eigenvalue weighted by atomic mass is 10.2. The molecule has 5 N–H and O–H groups in total. The minimum Gasteiger partial charge on any atom is -0.628 e. The number of urea groups is 1. The summed E-state index contributed by atoms with van der Waals surface area (Å²) in [4.78, 5) is 21.5. The van der Waals surface area contributed by atoms with Crippen molar-refractivity contribution in [2.24, 2.45) is 0 Å². The highest BCUT2D eigenvalue weighted by Gasteiger charge is 2.16. The zero-order valence-corrected chi connectivity index (χ0v) is 19.7. The standard InChI is InChI=1S/C25H30N7O3/c1-2-3-10-21-30-22-23(19-8-4-5-9-20(19)29-24(22)26)31(21)16-7-6-15-27-25(33)28-17-11-13-18(14-12-17)32(34)35/h4-5,8-9,11-14,32H,2-3,6-7,10,15-16H2,1H3,(H2,26,29)(H2,27,28,33)/q-1. The van der Waals surface area contributed by atoms with Crippen LogP contribution >= 0.6 is 0 Å². The molecule has 0 aliphatic heterocycles. The minimum absolute atomic E-state index is 0.0617. The number of quaternary nitrogens is 1. The summed E-state index contributed by atoms with van der Waals surface area (Å²) in [5, 5.41) is 27.0. The fraction of sp³-hybridized carbons (Fsp3) is 0.320. The molecule has 2 amide bonds. The van der Waals surface area contributed by atoms with Crippen LogP contribution in [0.1, 0.15) is 38.4 Å². The molecular formula is C25H30N7O3-. The number of pyridine rings is 1. The van der Waals surface area contributed by atoms with Crippen LogP contribution in [0.15, 0.2) is 48.5 Å². The highest BCUT2D eigenvalue weighted by molar-refractivity contribution is 6.06. The number of fused-ring (bicyclic) bond motifs is 3. The number of carbonyl (C=O) groups excluding carboxylic acids is 1. The van der Waals surface area contributed by atoms with E-state index in [0.29, 0.717) is 18.1 Å². The van der Waals surface area contributed by atoms with Crippen LogP contribution in [-0.2, 0) is 13.0 Å². The van der Waals surface area contributed by atoms with E-state index in [9.17, 15) is 15.2 Å². The van der Waals surface area contributed by atoms with Gasteiger partial charge in [0.25, 0.3) is 0 Å². The highest BCUT2D eigenvalue weighted by atomic mass is 16.8. The first-order chi connectivity index (χ1) is 17.0. The predicted octanol–water partition coefficient (Wildman–Crippen LogP) is 3.62. The summed E-state index contributed by atoms with van der Waals surface area (Å²) in [6.07, 6.45) is 4.62. The number of hydrogen-bond donors (Lipinski definition) is 4. The Morgan fingerprint density at radius 2 is 1.83 bits per heavy atom. The van der Waals surface area contributed by atoms with Gasteiger partial charge in [0.15, 0.2) is 5.82 Å².